The summed E-state index contributed by atoms with van der Waals surface area (Å²) in [5.74, 6) is -0.0377. The molecule has 0 radical (unpaired) electrons. The van der Waals surface area contributed by atoms with Crippen LogP contribution in [0.4, 0.5) is 5.69 Å². The molecule has 3 rings (SSSR count). The van der Waals surface area contributed by atoms with E-state index in [4.69, 9.17) is 4.74 Å². The average molecular weight is 239 g/mol. The smallest absolute Gasteiger partial charge is 0.212 e. The van der Waals surface area contributed by atoms with Gasteiger partial charge in [-0.25, -0.2) is 0 Å². The Balaban J connectivity index is 2.28. The molecule has 18 heavy (non-hydrogen) atoms. The Kier molecular flexibility index (Phi) is 2.61. The molecule has 1 heterocycles. The Morgan fingerprint density at radius 3 is 2.28 bits per heavy atom. The molecule has 1 N–H and O–H groups in total. The minimum Gasteiger partial charge on any atom is -0.354 e. The van der Waals surface area contributed by atoms with Crippen LogP contribution in [0.15, 0.2) is 48.5 Å². The summed E-state index contributed by atoms with van der Waals surface area (Å²) >= 11 is 0. The van der Waals surface area contributed by atoms with Crippen LogP contribution in [0, 0.1) is 0 Å². The van der Waals surface area contributed by atoms with Crippen molar-refractivity contribution in [3.8, 4) is 11.1 Å². The Morgan fingerprint density at radius 2 is 1.56 bits per heavy atom. The zero-order valence-corrected chi connectivity index (χ0v) is 10.0. The van der Waals surface area contributed by atoms with Gasteiger partial charge in [-0.2, -0.15) is 0 Å². The van der Waals surface area contributed by atoms with Gasteiger partial charge in [0.1, 0.15) is 0 Å². The first-order chi connectivity index (χ1) is 8.81. The highest BCUT2D eigenvalue weighted by molar-refractivity contribution is 6.09. The lowest BCUT2D eigenvalue weighted by Crippen LogP contribution is -2.30. The van der Waals surface area contributed by atoms with Gasteiger partial charge >= 0.3 is 0 Å². The molecule has 2 aromatic carbocycles. The molecular weight excluding hydrogens is 226 g/mol. The first-order valence-electron chi connectivity index (χ1n) is 5.83. The van der Waals surface area contributed by atoms with Gasteiger partial charge in [-0.15, -0.1) is 0 Å². The second-order valence-electron chi connectivity index (χ2n) is 4.22. The van der Waals surface area contributed by atoms with Crippen molar-refractivity contribution in [2.45, 2.75) is 6.23 Å². The third-order valence-electron chi connectivity index (χ3n) is 3.17. The number of Topliss-reactive ketones (excluding diaryl/α,β-unsaturated/α-hetero) is 1. The van der Waals surface area contributed by atoms with Crippen molar-refractivity contribution in [1.82, 2.24) is 0 Å². The lowest BCUT2D eigenvalue weighted by Gasteiger charge is -2.14. The van der Waals surface area contributed by atoms with Crippen LogP contribution in [-0.2, 0) is 4.74 Å². The lowest BCUT2D eigenvalue weighted by molar-refractivity contribution is 0.0680. The van der Waals surface area contributed by atoms with Crippen molar-refractivity contribution in [1.29, 1.82) is 0 Å². The Labute approximate surface area is 105 Å². The fourth-order valence-electron chi connectivity index (χ4n) is 2.29. The van der Waals surface area contributed by atoms with Gasteiger partial charge in [0, 0.05) is 23.9 Å². The van der Waals surface area contributed by atoms with E-state index in [9.17, 15) is 4.79 Å². The summed E-state index contributed by atoms with van der Waals surface area (Å²) in [6, 6.07) is 15.5. The third kappa shape index (κ3) is 1.60. The summed E-state index contributed by atoms with van der Waals surface area (Å²) in [6.45, 7) is 0. The van der Waals surface area contributed by atoms with Crippen LogP contribution in [0.3, 0.4) is 0 Å². The van der Waals surface area contributed by atoms with Crippen molar-refractivity contribution in [3.63, 3.8) is 0 Å². The van der Waals surface area contributed by atoms with Crippen LogP contribution in [0.5, 0.6) is 0 Å². The molecule has 1 aliphatic rings. The van der Waals surface area contributed by atoms with Gasteiger partial charge in [0.05, 0.1) is 0 Å². The number of hydrogen-bond acceptors (Lipinski definition) is 3. The second-order valence-corrected chi connectivity index (χ2v) is 4.22. The van der Waals surface area contributed by atoms with Crippen LogP contribution >= 0.6 is 0 Å². The molecule has 3 nitrogen and oxygen atoms in total. The Morgan fingerprint density at radius 1 is 0.944 bits per heavy atom. The highest BCUT2D eigenvalue weighted by Gasteiger charge is 2.27. The van der Waals surface area contributed by atoms with Crippen LogP contribution in [-0.4, -0.2) is 19.1 Å². The van der Waals surface area contributed by atoms with Gasteiger partial charge in [0.2, 0.25) is 5.78 Å². The molecule has 3 heteroatoms. The first kappa shape index (κ1) is 11.0. The number of nitrogens with one attached hydrogen (secondary N) is 1. The fraction of sp³-hybridized carbons (Fsp3) is 0.133. The van der Waals surface area contributed by atoms with Gasteiger partial charge in [0.25, 0.3) is 0 Å². The maximum atomic E-state index is 12.3. The number of hydrogen-bond donors (Lipinski definition) is 1. The van der Waals surface area contributed by atoms with Gasteiger partial charge in [0.15, 0.2) is 6.23 Å². The lowest BCUT2D eigenvalue weighted by atomic mass is 9.97. The van der Waals surface area contributed by atoms with E-state index in [0.29, 0.717) is 5.56 Å². The number of carbonyl (C=O) groups is 1. The molecular formula is C15H13NO2. The van der Waals surface area contributed by atoms with E-state index in [1.54, 1.807) is 0 Å². The first-order valence-corrected chi connectivity index (χ1v) is 5.83. The zero-order valence-electron chi connectivity index (χ0n) is 10.0. The minimum atomic E-state index is -0.630. The molecule has 0 bridgehead atoms. The predicted octanol–water partition coefficient (Wildman–Crippen LogP) is 2.93. The molecule has 90 valence electrons. The predicted molar refractivity (Wildman–Crippen MR) is 70.6 cm³/mol. The molecule has 0 amide bonds. The van der Waals surface area contributed by atoms with Crippen molar-refractivity contribution < 1.29 is 9.53 Å². The third-order valence-corrected chi connectivity index (χ3v) is 3.17. The van der Waals surface area contributed by atoms with Crippen molar-refractivity contribution in [2.24, 2.45) is 0 Å². The maximum Gasteiger partial charge on any atom is 0.212 e. The largest absolute Gasteiger partial charge is 0.354 e. The average Bonchev–Trinajstić information content (AvgIpc) is 2.55. The number of fused-ring (bicyclic) bond motifs is 3. The number of carbonyl (C=O) groups excluding carboxylic acids is 1. The summed E-state index contributed by atoms with van der Waals surface area (Å²) in [5, 5.41) is 3.13. The summed E-state index contributed by atoms with van der Waals surface area (Å²) in [4.78, 5) is 12.3. The molecule has 0 saturated heterocycles. The van der Waals surface area contributed by atoms with E-state index in [1.165, 1.54) is 7.11 Å². The molecule has 1 aliphatic heterocycles. The SMILES string of the molecule is CO[C@@H]1Nc2ccccc2-c2ccccc2C1=O. The van der Waals surface area contributed by atoms with Crippen molar-refractivity contribution >= 4 is 11.5 Å². The Hall–Kier alpha value is -2.13. The number of methoxy groups -OCH3 is 1. The van der Waals surface area contributed by atoms with Crippen LogP contribution in [0.1, 0.15) is 10.4 Å². The fourth-order valence-corrected chi connectivity index (χ4v) is 2.29. The van der Waals surface area contributed by atoms with E-state index in [2.05, 4.69) is 5.32 Å². The zero-order chi connectivity index (χ0) is 12.5. The number of ether oxygens (including phenoxy) is 1. The van der Waals surface area contributed by atoms with Crippen LogP contribution < -0.4 is 5.32 Å². The van der Waals surface area contributed by atoms with Crippen molar-refractivity contribution in [2.75, 3.05) is 12.4 Å². The highest BCUT2D eigenvalue weighted by Crippen LogP contribution is 2.34. The van der Waals surface area contributed by atoms with Gasteiger partial charge in [-0.3, -0.25) is 4.79 Å². The molecule has 1 atom stereocenters. The van der Waals surface area contributed by atoms with E-state index in [1.807, 2.05) is 48.5 Å². The van der Waals surface area contributed by atoms with Crippen LogP contribution in [0.25, 0.3) is 11.1 Å². The van der Waals surface area contributed by atoms with Gasteiger partial charge in [-0.05, 0) is 11.6 Å². The second kappa shape index (κ2) is 4.27. The highest BCUT2D eigenvalue weighted by atomic mass is 16.5. The minimum absolute atomic E-state index is 0.0377. The molecule has 0 unspecified atom stereocenters. The number of anilines is 1. The molecule has 0 fully saturated rings. The van der Waals surface area contributed by atoms with Crippen molar-refractivity contribution in [3.05, 3.63) is 54.1 Å². The van der Waals surface area contributed by atoms with Gasteiger partial charge in [-0.1, -0.05) is 42.5 Å². The van der Waals surface area contributed by atoms with Gasteiger partial charge < -0.3 is 10.1 Å². The quantitative estimate of drug-likeness (QED) is 0.831. The molecule has 2 aromatic rings. The van der Waals surface area contributed by atoms with E-state index >= 15 is 0 Å². The number of para-hydroxylation sites is 1. The van der Waals surface area contributed by atoms with E-state index in [0.717, 1.165) is 16.8 Å². The summed E-state index contributed by atoms with van der Waals surface area (Å²) < 4.78 is 5.24. The number of ketones is 1. The monoisotopic (exact) mass is 239 g/mol. The maximum absolute atomic E-state index is 12.3. The number of rotatable bonds is 1. The molecule has 0 spiro atoms. The number of benzene rings is 2. The Bertz CT molecular complexity index is 607. The topological polar surface area (TPSA) is 38.3 Å². The summed E-state index contributed by atoms with van der Waals surface area (Å²) in [5.41, 5.74) is 3.59. The van der Waals surface area contributed by atoms with E-state index < -0.39 is 6.23 Å². The standard InChI is InChI=1S/C15H13NO2/c1-18-15-14(17)12-8-3-2-6-10(12)11-7-4-5-9-13(11)16-15/h2-9,15-16H,1H3/t15-/m0/s1. The molecule has 0 aliphatic carbocycles. The summed E-state index contributed by atoms with van der Waals surface area (Å²) in [6.07, 6.45) is -0.630. The summed E-state index contributed by atoms with van der Waals surface area (Å²) in [7, 11) is 1.53. The van der Waals surface area contributed by atoms with E-state index in [-0.39, 0.29) is 5.78 Å². The molecule has 0 saturated carbocycles. The normalized spacial score (nSPS) is 17.4. The molecule has 0 aromatic heterocycles. The van der Waals surface area contributed by atoms with Crippen LogP contribution in [0.2, 0.25) is 0 Å².